The Labute approximate surface area is 172 Å². The number of amides is 3. The molecule has 0 atom stereocenters. The van der Waals surface area contributed by atoms with Crippen LogP contribution in [0.15, 0.2) is 53.4 Å². The summed E-state index contributed by atoms with van der Waals surface area (Å²) in [6.45, 7) is 2.64. The summed E-state index contributed by atoms with van der Waals surface area (Å²) in [4.78, 5) is 47.2. The molecule has 0 aliphatic rings. The van der Waals surface area contributed by atoms with Gasteiger partial charge >= 0.3 is 5.97 Å². The van der Waals surface area contributed by atoms with E-state index in [1.54, 1.807) is 24.3 Å². The molecule has 0 bridgehead atoms. The van der Waals surface area contributed by atoms with Crippen LogP contribution in [-0.2, 0) is 19.1 Å². The van der Waals surface area contributed by atoms with Crippen LogP contribution in [0.2, 0.25) is 0 Å². The molecule has 0 saturated carbocycles. The number of benzene rings is 2. The summed E-state index contributed by atoms with van der Waals surface area (Å²) in [6.07, 6.45) is 0. The number of anilines is 1. The number of rotatable bonds is 7. The van der Waals surface area contributed by atoms with Crippen molar-refractivity contribution in [1.82, 2.24) is 10.9 Å². The molecular weight excluding hydrogens is 394 g/mol. The first-order valence-corrected chi connectivity index (χ1v) is 9.64. The molecule has 2 rings (SSSR count). The van der Waals surface area contributed by atoms with E-state index in [0.29, 0.717) is 10.6 Å². The average molecular weight is 415 g/mol. The smallest absolute Gasteiger partial charge is 0.339 e. The monoisotopic (exact) mass is 415 g/mol. The number of esters is 1. The number of thioether (sulfide) groups is 1. The predicted octanol–water partition coefficient (Wildman–Crippen LogP) is 2.05. The zero-order valence-electron chi connectivity index (χ0n) is 16.0. The highest BCUT2D eigenvalue weighted by Crippen LogP contribution is 2.23. The van der Waals surface area contributed by atoms with Gasteiger partial charge in [0, 0.05) is 17.5 Å². The van der Waals surface area contributed by atoms with Gasteiger partial charge in [-0.25, -0.2) is 4.79 Å². The van der Waals surface area contributed by atoms with E-state index in [0.717, 1.165) is 5.56 Å². The van der Waals surface area contributed by atoms with E-state index < -0.39 is 24.4 Å². The van der Waals surface area contributed by atoms with Gasteiger partial charge in [-0.15, -0.1) is 11.8 Å². The van der Waals surface area contributed by atoms with Crippen molar-refractivity contribution in [3.05, 3.63) is 59.7 Å². The summed E-state index contributed by atoms with van der Waals surface area (Å²) in [7, 11) is 0. The molecule has 0 unspecified atom stereocenters. The van der Waals surface area contributed by atoms with Crippen LogP contribution in [0.25, 0.3) is 0 Å². The zero-order chi connectivity index (χ0) is 21.2. The summed E-state index contributed by atoms with van der Waals surface area (Å²) in [5.41, 5.74) is 6.22. The largest absolute Gasteiger partial charge is 0.452 e. The molecule has 3 amide bonds. The van der Waals surface area contributed by atoms with E-state index in [2.05, 4.69) is 16.2 Å². The highest BCUT2D eigenvalue weighted by atomic mass is 32.2. The highest BCUT2D eigenvalue weighted by molar-refractivity contribution is 8.00. The number of ether oxygens (including phenoxy) is 1. The second kappa shape index (κ2) is 10.9. The minimum atomic E-state index is -0.704. The van der Waals surface area contributed by atoms with Crippen LogP contribution < -0.4 is 16.2 Å². The van der Waals surface area contributed by atoms with Gasteiger partial charge in [0.05, 0.1) is 11.3 Å². The fourth-order valence-electron chi connectivity index (χ4n) is 2.14. The van der Waals surface area contributed by atoms with Gasteiger partial charge in [0.2, 0.25) is 11.8 Å². The van der Waals surface area contributed by atoms with E-state index in [9.17, 15) is 19.2 Å². The van der Waals surface area contributed by atoms with Crippen LogP contribution >= 0.6 is 11.8 Å². The predicted molar refractivity (Wildman–Crippen MR) is 109 cm³/mol. The number of aryl methyl sites for hydroxylation is 1. The number of nitrogens with one attached hydrogen (secondary N) is 3. The summed E-state index contributed by atoms with van der Waals surface area (Å²) in [5, 5.41) is 2.79. The molecule has 0 aliphatic carbocycles. The van der Waals surface area contributed by atoms with Gasteiger partial charge in [-0.2, -0.15) is 0 Å². The third-order valence-electron chi connectivity index (χ3n) is 3.51. The number of hydrogen-bond acceptors (Lipinski definition) is 6. The Kier molecular flexibility index (Phi) is 8.23. The normalized spacial score (nSPS) is 10.0. The molecule has 0 heterocycles. The Balaban J connectivity index is 1.89. The van der Waals surface area contributed by atoms with Crippen molar-refractivity contribution in [2.75, 3.05) is 17.7 Å². The van der Waals surface area contributed by atoms with Crippen molar-refractivity contribution in [3.8, 4) is 0 Å². The average Bonchev–Trinajstić information content (AvgIpc) is 2.70. The maximum absolute atomic E-state index is 12.3. The Morgan fingerprint density at radius 3 is 2.31 bits per heavy atom. The van der Waals surface area contributed by atoms with Gasteiger partial charge in [0.1, 0.15) is 0 Å². The fourth-order valence-corrected chi connectivity index (χ4v) is 2.98. The molecule has 0 spiro atoms. The zero-order valence-corrected chi connectivity index (χ0v) is 16.8. The Bertz CT molecular complexity index is 899. The maximum Gasteiger partial charge on any atom is 0.339 e. The van der Waals surface area contributed by atoms with Gasteiger partial charge in [-0.1, -0.05) is 29.8 Å². The van der Waals surface area contributed by atoms with Gasteiger partial charge in [0.25, 0.3) is 5.91 Å². The van der Waals surface area contributed by atoms with Crippen molar-refractivity contribution in [2.45, 2.75) is 18.7 Å². The number of hydrazine groups is 1. The minimum absolute atomic E-state index is 0.0984. The summed E-state index contributed by atoms with van der Waals surface area (Å²) >= 11 is 1.18. The highest BCUT2D eigenvalue weighted by Gasteiger charge is 2.15. The van der Waals surface area contributed by atoms with Crippen LogP contribution in [0.3, 0.4) is 0 Å². The third-order valence-corrected chi connectivity index (χ3v) is 4.59. The van der Waals surface area contributed by atoms with Crippen molar-refractivity contribution in [2.24, 2.45) is 0 Å². The van der Waals surface area contributed by atoms with Gasteiger partial charge in [0.15, 0.2) is 6.61 Å². The summed E-state index contributed by atoms with van der Waals surface area (Å²) in [5.74, 6) is -1.94. The SMILES string of the molecule is CC(=O)NNC(=O)COC(=O)c1ccccc1SCC(=O)Nc1ccc(C)cc1. The van der Waals surface area contributed by atoms with Crippen molar-refractivity contribution in [1.29, 1.82) is 0 Å². The fraction of sp³-hybridized carbons (Fsp3) is 0.200. The lowest BCUT2D eigenvalue weighted by Crippen LogP contribution is -2.42. The Morgan fingerprint density at radius 2 is 1.62 bits per heavy atom. The molecule has 152 valence electrons. The van der Waals surface area contributed by atoms with Crippen LogP contribution in [0.5, 0.6) is 0 Å². The van der Waals surface area contributed by atoms with Crippen LogP contribution in [0.1, 0.15) is 22.8 Å². The second-order valence-electron chi connectivity index (χ2n) is 6.00. The first kappa shape index (κ1) is 22.0. The number of carbonyl (C=O) groups is 4. The Morgan fingerprint density at radius 1 is 0.931 bits per heavy atom. The molecule has 2 aromatic carbocycles. The van der Waals surface area contributed by atoms with E-state index >= 15 is 0 Å². The van der Waals surface area contributed by atoms with E-state index in [1.807, 2.05) is 31.2 Å². The second-order valence-corrected chi connectivity index (χ2v) is 7.02. The van der Waals surface area contributed by atoms with Crippen molar-refractivity contribution < 1.29 is 23.9 Å². The molecule has 8 nitrogen and oxygen atoms in total. The van der Waals surface area contributed by atoms with Gasteiger partial charge in [-0.3, -0.25) is 25.2 Å². The van der Waals surface area contributed by atoms with E-state index in [1.165, 1.54) is 18.7 Å². The lowest BCUT2D eigenvalue weighted by molar-refractivity contribution is -0.129. The topological polar surface area (TPSA) is 114 Å². The van der Waals surface area contributed by atoms with Gasteiger partial charge in [-0.05, 0) is 31.2 Å². The van der Waals surface area contributed by atoms with Crippen molar-refractivity contribution in [3.63, 3.8) is 0 Å². The molecule has 3 N–H and O–H groups in total. The lowest BCUT2D eigenvalue weighted by atomic mass is 10.2. The lowest BCUT2D eigenvalue weighted by Gasteiger charge is -2.10. The summed E-state index contributed by atoms with van der Waals surface area (Å²) in [6, 6.07) is 14.1. The molecular formula is C20H21N3O5S. The van der Waals surface area contributed by atoms with Gasteiger partial charge < -0.3 is 10.1 Å². The molecule has 0 radical (unpaired) electrons. The Hall–Kier alpha value is -3.33. The molecule has 0 aromatic heterocycles. The number of hydrogen-bond donors (Lipinski definition) is 3. The van der Waals surface area contributed by atoms with E-state index in [4.69, 9.17) is 4.74 Å². The van der Waals surface area contributed by atoms with Crippen LogP contribution in [0, 0.1) is 6.92 Å². The molecule has 29 heavy (non-hydrogen) atoms. The standard InChI is InChI=1S/C20H21N3O5S/c1-13-7-9-15(10-8-13)21-19(26)12-29-17-6-4-3-5-16(17)20(27)28-11-18(25)23-22-14(2)24/h3-10H,11-12H2,1-2H3,(H,21,26)(H,22,24)(H,23,25). The first-order valence-electron chi connectivity index (χ1n) is 8.66. The van der Waals surface area contributed by atoms with Crippen molar-refractivity contribution >= 4 is 41.1 Å². The van der Waals surface area contributed by atoms with Crippen LogP contribution in [-0.4, -0.2) is 36.1 Å². The maximum atomic E-state index is 12.3. The molecule has 0 saturated heterocycles. The number of carbonyl (C=O) groups excluding carboxylic acids is 4. The molecule has 2 aromatic rings. The minimum Gasteiger partial charge on any atom is -0.452 e. The summed E-state index contributed by atoms with van der Waals surface area (Å²) < 4.78 is 4.96. The van der Waals surface area contributed by atoms with Crippen LogP contribution in [0.4, 0.5) is 5.69 Å². The quantitative estimate of drug-likeness (QED) is 0.362. The molecule has 9 heteroatoms. The third kappa shape index (κ3) is 7.67. The molecule has 0 fully saturated rings. The molecule has 0 aliphatic heterocycles. The van der Waals surface area contributed by atoms with E-state index in [-0.39, 0.29) is 17.2 Å². The first-order chi connectivity index (χ1) is 13.8.